The molecule has 0 aliphatic heterocycles. The van der Waals surface area contributed by atoms with Crippen molar-refractivity contribution in [2.45, 2.75) is 20.4 Å². The molecule has 0 saturated carbocycles. The van der Waals surface area contributed by atoms with Crippen LogP contribution >= 0.6 is 0 Å². The number of nitrogens with zero attached hydrogens (tertiary/aromatic N) is 2. The van der Waals surface area contributed by atoms with E-state index in [-0.39, 0.29) is 37.1 Å². The summed E-state index contributed by atoms with van der Waals surface area (Å²) in [5.41, 5.74) is 7.84. The third-order valence-electron chi connectivity index (χ3n) is 5.06. The van der Waals surface area contributed by atoms with Crippen LogP contribution in [0.2, 0.25) is 0 Å². The molecule has 0 spiro atoms. The van der Waals surface area contributed by atoms with Gasteiger partial charge in [-0.1, -0.05) is 48.0 Å². The van der Waals surface area contributed by atoms with Gasteiger partial charge in [0.15, 0.2) is 5.69 Å². The van der Waals surface area contributed by atoms with Crippen molar-refractivity contribution in [1.82, 2.24) is 9.55 Å². The van der Waals surface area contributed by atoms with Gasteiger partial charge in [0.1, 0.15) is 5.82 Å². The monoisotopic (exact) mass is 422 g/mol. The topological polar surface area (TPSA) is 110 Å². The lowest BCUT2D eigenvalue weighted by Crippen LogP contribution is -2.42. The number of rotatable bonds is 7. The van der Waals surface area contributed by atoms with Gasteiger partial charge in [0.25, 0.3) is 11.5 Å². The van der Waals surface area contributed by atoms with Gasteiger partial charge in [0.05, 0.1) is 13.2 Å². The summed E-state index contributed by atoms with van der Waals surface area (Å²) in [7, 11) is 1.50. The highest BCUT2D eigenvalue weighted by Crippen LogP contribution is 2.22. The Morgan fingerprint density at radius 3 is 2.52 bits per heavy atom. The number of carbonyl (C=O) groups excluding carboxylic acids is 1. The molecule has 0 fully saturated rings. The summed E-state index contributed by atoms with van der Waals surface area (Å²) in [5, 5.41) is 0. The van der Waals surface area contributed by atoms with Crippen LogP contribution in [0.4, 0.5) is 11.5 Å². The van der Waals surface area contributed by atoms with Crippen LogP contribution < -0.4 is 21.9 Å². The molecular weight excluding hydrogens is 396 g/mol. The third-order valence-corrected chi connectivity index (χ3v) is 5.06. The highest BCUT2D eigenvalue weighted by molar-refractivity contribution is 6.08. The number of aromatic nitrogens is 2. The molecule has 8 nitrogen and oxygen atoms in total. The minimum Gasteiger partial charge on any atom is -0.383 e. The molecule has 0 saturated heterocycles. The average molecular weight is 422 g/mol. The Kier molecular flexibility index (Phi) is 6.71. The molecule has 3 aromatic rings. The number of nitrogens with two attached hydrogens (primary N) is 1. The first-order valence-electron chi connectivity index (χ1n) is 9.88. The highest BCUT2D eigenvalue weighted by Gasteiger charge is 2.26. The number of aryl methyl sites for hydroxylation is 2. The van der Waals surface area contributed by atoms with E-state index in [1.54, 1.807) is 6.07 Å². The number of methoxy groups -OCH3 is 1. The molecule has 3 N–H and O–H groups in total. The van der Waals surface area contributed by atoms with Crippen LogP contribution in [0, 0.1) is 13.8 Å². The minimum atomic E-state index is -0.721. The van der Waals surface area contributed by atoms with E-state index in [0.717, 1.165) is 16.7 Å². The number of hydrogen-bond acceptors (Lipinski definition) is 5. The zero-order chi connectivity index (χ0) is 22.5. The van der Waals surface area contributed by atoms with E-state index in [1.165, 1.54) is 16.6 Å². The summed E-state index contributed by atoms with van der Waals surface area (Å²) >= 11 is 0. The Hall–Kier alpha value is -3.65. The predicted octanol–water partition coefficient (Wildman–Crippen LogP) is 2.08. The second-order valence-corrected chi connectivity index (χ2v) is 7.33. The summed E-state index contributed by atoms with van der Waals surface area (Å²) in [5.74, 6) is -0.465. The predicted molar refractivity (Wildman–Crippen MR) is 121 cm³/mol. The van der Waals surface area contributed by atoms with Gasteiger partial charge in [-0.05, 0) is 31.0 Å². The number of hydrogen-bond donors (Lipinski definition) is 2. The van der Waals surface area contributed by atoms with Crippen LogP contribution in [0.25, 0.3) is 0 Å². The normalized spacial score (nSPS) is 10.8. The first kappa shape index (κ1) is 22.0. The van der Waals surface area contributed by atoms with Gasteiger partial charge in [-0.25, -0.2) is 4.79 Å². The van der Waals surface area contributed by atoms with E-state index in [4.69, 9.17) is 10.5 Å². The molecule has 0 unspecified atom stereocenters. The molecule has 1 heterocycles. The van der Waals surface area contributed by atoms with Crippen LogP contribution in [0.1, 0.15) is 27.0 Å². The fraction of sp³-hybridized carbons (Fsp3) is 0.261. The van der Waals surface area contributed by atoms with E-state index in [0.29, 0.717) is 5.56 Å². The second kappa shape index (κ2) is 9.44. The largest absolute Gasteiger partial charge is 0.383 e. The van der Waals surface area contributed by atoms with Crippen molar-refractivity contribution in [1.29, 1.82) is 0 Å². The zero-order valence-electron chi connectivity index (χ0n) is 17.8. The maximum Gasteiger partial charge on any atom is 0.330 e. The van der Waals surface area contributed by atoms with Crippen molar-refractivity contribution in [3.05, 3.63) is 91.6 Å². The molecule has 1 amide bonds. The first-order chi connectivity index (χ1) is 14.8. The maximum atomic E-state index is 13.5. The number of amides is 1. The third kappa shape index (κ3) is 4.75. The van der Waals surface area contributed by atoms with Crippen LogP contribution in [-0.2, 0) is 11.3 Å². The molecule has 3 rings (SSSR count). The molecule has 162 valence electrons. The van der Waals surface area contributed by atoms with Gasteiger partial charge in [-0.15, -0.1) is 0 Å². The summed E-state index contributed by atoms with van der Waals surface area (Å²) in [4.78, 5) is 42.3. The lowest BCUT2D eigenvalue weighted by molar-refractivity contribution is 0.0975. The summed E-state index contributed by atoms with van der Waals surface area (Å²) in [6.45, 7) is 4.15. The van der Waals surface area contributed by atoms with E-state index in [9.17, 15) is 14.4 Å². The van der Waals surface area contributed by atoms with Crippen LogP contribution in [0.15, 0.2) is 58.1 Å². The lowest BCUT2D eigenvalue weighted by atomic mass is 10.0. The molecule has 31 heavy (non-hydrogen) atoms. The molecular formula is C23H26N4O4. The molecule has 0 aliphatic carbocycles. The Bertz CT molecular complexity index is 1200. The zero-order valence-corrected chi connectivity index (χ0v) is 17.8. The molecule has 0 bridgehead atoms. The Morgan fingerprint density at radius 1 is 1.13 bits per heavy atom. The van der Waals surface area contributed by atoms with Gasteiger partial charge >= 0.3 is 5.69 Å². The second-order valence-electron chi connectivity index (χ2n) is 7.33. The van der Waals surface area contributed by atoms with Crippen molar-refractivity contribution < 1.29 is 9.53 Å². The Balaban J connectivity index is 2.14. The molecule has 2 aromatic carbocycles. The minimum absolute atomic E-state index is 0.0708. The van der Waals surface area contributed by atoms with E-state index >= 15 is 0 Å². The van der Waals surface area contributed by atoms with Crippen LogP contribution in [0.5, 0.6) is 0 Å². The van der Waals surface area contributed by atoms with E-state index in [2.05, 4.69) is 4.98 Å². The summed E-state index contributed by atoms with van der Waals surface area (Å²) < 4.78 is 6.40. The number of ether oxygens (including phenoxy) is 1. The van der Waals surface area contributed by atoms with Gasteiger partial charge in [0.2, 0.25) is 0 Å². The van der Waals surface area contributed by atoms with Crippen molar-refractivity contribution >= 4 is 17.4 Å². The average Bonchev–Trinajstić information content (AvgIpc) is 2.75. The van der Waals surface area contributed by atoms with Gasteiger partial charge in [-0.2, -0.15) is 0 Å². The highest BCUT2D eigenvalue weighted by atomic mass is 16.5. The number of benzene rings is 2. The Labute approximate surface area is 179 Å². The fourth-order valence-electron chi connectivity index (χ4n) is 3.37. The number of aromatic amines is 1. The quantitative estimate of drug-likeness (QED) is 0.606. The van der Waals surface area contributed by atoms with Gasteiger partial charge in [-0.3, -0.25) is 24.0 Å². The molecule has 8 heteroatoms. The van der Waals surface area contributed by atoms with Gasteiger partial charge in [0, 0.05) is 19.2 Å². The summed E-state index contributed by atoms with van der Waals surface area (Å²) in [6, 6.07) is 14.8. The molecule has 0 radical (unpaired) electrons. The molecule has 1 aromatic heterocycles. The smallest absolute Gasteiger partial charge is 0.330 e. The maximum absolute atomic E-state index is 13.5. The number of nitrogens with one attached hydrogen (secondary N) is 1. The summed E-state index contributed by atoms with van der Waals surface area (Å²) in [6.07, 6.45) is 0. The number of carbonyl (C=O) groups is 1. The lowest BCUT2D eigenvalue weighted by Gasteiger charge is -2.25. The van der Waals surface area contributed by atoms with Crippen LogP contribution in [-0.4, -0.2) is 35.7 Å². The standard InChI is InChI=1S/C23H26N4O4/c1-15-9-10-16(2)18(13-15)22(29)26(11-12-31-3)19-20(24)27(23(30)25-21(19)28)14-17-7-5-4-6-8-17/h4-10,13H,11-12,14,24H2,1-3H3,(H,25,28,30). The number of anilines is 2. The Morgan fingerprint density at radius 2 is 1.84 bits per heavy atom. The van der Waals surface area contributed by atoms with Crippen molar-refractivity contribution in [2.24, 2.45) is 0 Å². The van der Waals surface area contributed by atoms with Crippen molar-refractivity contribution in [3.8, 4) is 0 Å². The van der Waals surface area contributed by atoms with Crippen molar-refractivity contribution in [3.63, 3.8) is 0 Å². The number of nitrogen functional groups attached to an aromatic ring is 1. The van der Waals surface area contributed by atoms with E-state index in [1.807, 2.05) is 56.3 Å². The molecule has 0 aliphatic rings. The van der Waals surface area contributed by atoms with Gasteiger partial charge < -0.3 is 10.5 Å². The van der Waals surface area contributed by atoms with E-state index < -0.39 is 11.2 Å². The SMILES string of the molecule is COCCN(C(=O)c1cc(C)ccc1C)c1c(N)n(Cc2ccccc2)c(=O)[nH]c1=O. The van der Waals surface area contributed by atoms with Crippen LogP contribution in [0.3, 0.4) is 0 Å². The molecule has 0 atom stereocenters. The number of H-pyrrole nitrogens is 1. The first-order valence-corrected chi connectivity index (χ1v) is 9.88. The fourth-order valence-corrected chi connectivity index (χ4v) is 3.37. The van der Waals surface area contributed by atoms with Crippen molar-refractivity contribution in [2.75, 3.05) is 30.9 Å².